The van der Waals surface area contributed by atoms with Crippen LogP contribution >= 0.6 is 0 Å². The van der Waals surface area contributed by atoms with Crippen LogP contribution in [0.3, 0.4) is 0 Å². The van der Waals surface area contributed by atoms with Crippen LogP contribution in [0.1, 0.15) is 16.8 Å². The standard InChI is InChI=1S/C18H20N4/c1-13-9-10-17(14(2)11-13)19-20-18-12-22(21-15(18)3)16-7-5-4-6-8-16/h4-12,19-20H,1-3H3. The van der Waals surface area contributed by atoms with Crippen molar-refractivity contribution < 1.29 is 0 Å². The molecule has 0 saturated carbocycles. The average Bonchev–Trinajstić information content (AvgIpc) is 2.88. The summed E-state index contributed by atoms with van der Waals surface area (Å²) >= 11 is 0. The van der Waals surface area contributed by atoms with Crippen LogP contribution < -0.4 is 10.9 Å². The van der Waals surface area contributed by atoms with E-state index in [0.717, 1.165) is 22.8 Å². The molecule has 0 aliphatic carbocycles. The Bertz CT molecular complexity index is 775. The Morgan fingerprint density at radius 2 is 1.59 bits per heavy atom. The quantitative estimate of drug-likeness (QED) is 0.707. The molecule has 1 aromatic heterocycles. The second kappa shape index (κ2) is 5.93. The monoisotopic (exact) mass is 292 g/mol. The van der Waals surface area contributed by atoms with Gasteiger partial charge in [-0.15, -0.1) is 0 Å². The molecular weight excluding hydrogens is 272 g/mol. The molecule has 0 spiro atoms. The molecule has 2 aromatic carbocycles. The first-order valence-electron chi connectivity index (χ1n) is 7.34. The Kier molecular flexibility index (Phi) is 3.83. The third kappa shape index (κ3) is 2.96. The lowest BCUT2D eigenvalue weighted by molar-refractivity contribution is 0.863. The molecule has 3 aromatic rings. The molecule has 0 radical (unpaired) electrons. The van der Waals surface area contributed by atoms with E-state index in [1.807, 2.05) is 48.1 Å². The van der Waals surface area contributed by atoms with E-state index in [-0.39, 0.29) is 0 Å². The molecule has 4 heteroatoms. The van der Waals surface area contributed by atoms with Gasteiger partial charge in [0.15, 0.2) is 0 Å². The van der Waals surface area contributed by atoms with Crippen molar-refractivity contribution >= 4 is 11.4 Å². The molecule has 0 fully saturated rings. The van der Waals surface area contributed by atoms with Crippen molar-refractivity contribution in [1.29, 1.82) is 0 Å². The molecule has 0 atom stereocenters. The summed E-state index contributed by atoms with van der Waals surface area (Å²) in [4.78, 5) is 0. The van der Waals surface area contributed by atoms with Gasteiger partial charge in [0.25, 0.3) is 0 Å². The molecule has 2 N–H and O–H groups in total. The zero-order valence-corrected chi connectivity index (χ0v) is 13.1. The highest BCUT2D eigenvalue weighted by Crippen LogP contribution is 2.19. The highest BCUT2D eigenvalue weighted by atomic mass is 15.4. The Labute approximate surface area is 130 Å². The number of nitrogens with one attached hydrogen (secondary N) is 2. The van der Waals surface area contributed by atoms with Crippen molar-refractivity contribution in [3.63, 3.8) is 0 Å². The van der Waals surface area contributed by atoms with Gasteiger partial charge in [0.1, 0.15) is 0 Å². The van der Waals surface area contributed by atoms with E-state index in [2.05, 4.69) is 48.0 Å². The van der Waals surface area contributed by atoms with Gasteiger partial charge >= 0.3 is 0 Å². The maximum absolute atomic E-state index is 4.54. The van der Waals surface area contributed by atoms with E-state index < -0.39 is 0 Å². The van der Waals surface area contributed by atoms with E-state index in [1.54, 1.807) is 0 Å². The first-order valence-corrected chi connectivity index (χ1v) is 7.34. The van der Waals surface area contributed by atoms with Crippen LogP contribution in [-0.2, 0) is 0 Å². The topological polar surface area (TPSA) is 41.9 Å². The normalized spacial score (nSPS) is 10.5. The van der Waals surface area contributed by atoms with Gasteiger partial charge < -0.3 is 5.43 Å². The second-order valence-electron chi connectivity index (χ2n) is 5.48. The SMILES string of the molecule is Cc1ccc(NNc2cn(-c3ccccc3)nc2C)c(C)c1. The third-order valence-electron chi connectivity index (χ3n) is 3.63. The number of hydrazine groups is 1. The number of para-hydroxylation sites is 1. The first-order chi connectivity index (χ1) is 10.6. The van der Waals surface area contributed by atoms with Gasteiger partial charge in [0, 0.05) is 0 Å². The number of aromatic nitrogens is 2. The Morgan fingerprint density at radius 3 is 2.32 bits per heavy atom. The molecule has 0 bridgehead atoms. The van der Waals surface area contributed by atoms with Crippen LogP contribution in [0.2, 0.25) is 0 Å². The fourth-order valence-electron chi connectivity index (χ4n) is 2.38. The summed E-state index contributed by atoms with van der Waals surface area (Å²) in [7, 11) is 0. The van der Waals surface area contributed by atoms with Gasteiger partial charge in [0.05, 0.1) is 29.0 Å². The molecule has 0 saturated heterocycles. The van der Waals surface area contributed by atoms with Crippen LogP contribution in [0.15, 0.2) is 54.7 Å². The van der Waals surface area contributed by atoms with Crippen molar-refractivity contribution in [3.8, 4) is 5.69 Å². The minimum atomic E-state index is 0.945. The Morgan fingerprint density at radius 1 is 0.864 bits per heavy atom. The van der Waals surface area contributed by atoms with Gasteiger partial charge in [-0.25, -0.2) is 4.68 Å². The van der Waals surface area contributed by atoms with E-state index in [0.29, 0.717) is 0 Å². The number of hydrogen-bond acceptors (Lipinski definition) is 3. The van der Waals surface area contributed by atoms with Crippen molar-refractivity contribution in [3.05, 3.63) is 71.5 Å². The van der Waals surface area contributed by atoms with Crippen LogP contribution in [0, 0.1) is 20.8 Å². The smallest absolute Gasteiger partial charge is 0.0953 e. The molecule has 112 valence electrons. The number of nitrogens with zero attached hydrogens (tertiary/aromatic N) is 2. The summed E-state index contributed by atoms with van der Waals surface area (Å²) in [6.45, 7) is 6.18. The molecule has 0 aliphatic rings. The lowest BCUT2D eigenvalue weighted by Crippen LogP contribution is -2.10. The van der Waals surface area contributed by atoms with Gasteiger partial charge in [-0.05, 0) is 44.5 Å². The van der Waals surface area contributed by atoms with Crippen LogP contribution in [0.5, 0.6) is 0 Å². The molecule has 1 heterocycles. The van der Waals surface area contributed by atoms with Crippen LogP contribution in [0.25, 0.3) is 5.69 Å². The van der Waals surface area contributed by atoms with Crippen molar-refractivity contribution in [2.75, 3.05) is 10.9 Å². The molecular formula is C18H20N4. The second-order valence-corrected chi connectivity index (χ2v) is 5.48. The molecule has 0 unspecified atom stereocenters. The summed E-state index contributed by atoms with van der Waals surface area (Å²) in [6.07, 6.45) is 1.99. The van der Waals surface area contributed by atoms with Gasteiger partial charge in [-0.1, -0.05) is 35.9 Å². The molecule has 0 amide bonds. The number of rotatable bonds is 4. The Balaban J connectivity index is 1.77. The minimum Gasteiger partial charge on any atom is -0.301 e. The zero-order valence-electron chi connectivity index (χ0n) is 13.1. The van der Waals surface area contributed by atoms with E-state index in [1.165, 1.54) is 11.1 Å². The largest absolute Gasteiger partial charge is 0.301 e. The van der Waals surface area contributed by atoms with E-state index >= 15 is 0 Å². The zero-order chi connectivity index (χ0) is 15.5. The maximum atomic E-state index is 4.54. The number of anilines is 2. The van der Waals surface area contributed by atoms with E-state index in [9.17, 15) is 0 Å². The summed E-state index contributed by atoms with van der Waals surface area (Å²) in [5.41, 5.74) is 13.0. The van der Waals surface area contributed by atoms with Crippen LogP contribution in [0.4, 0.5) is 11.4 Å². The van der Waals surface area contributed by atoms with Gasteiger partial charge in [-0.2, -0.15) is 5.10 Å². The lowest BCUT2D eigenvalue weighted by atomic mass is 10.1. The molecule has 3 rings (SSSR count). The van der Waals surface area contributed by atoms with Crippen molar-refractivity contribution in [2.24, 2.45) is 0 Å². The van der Waals surface area contributed by atoms with Crippen molar-refractivity contribution in [2.45, 2.75) is 20.8 Å². The van der Waals surface area contributed by atoms with Gasteiger partial charge in [0.2, 0.25) is 0 Å². The van der Waals surface area contributed by atoms with E-state index in [4.69, 9.17) is 0 Å². The summed E-state index contributed by atoms with van der Waals surface area (Å²) in [5.74, 6) is 0. The summed E-state index contributed by atoms with van der Waals surface area (Å²) < 4.78 is 1.88. The predicted molar refractivity (Wildman–Crippen MR) is 91.5 cm³/mol. The lowest BCUT2D eigenvalue weighted by Gasteiger charge is -2.11. The minimum absolute atomic E-state index is 0.945. The molecule has 22 heavy (non-hydrogen) atoms. The molecule has 0 aliphatic heterocycles. The highest BCUT2D eigenvalue weighted by molar-refractivity contribution is 5.58. The van der Waals surface area contributed by atoms with Gasteiger partial charge in [-0.3, -0.25) is 5.43 Å². The third-order valence-corrected chi connectivity index (χ3v) is 3.63. The fraction of sp³-hybridized carbons (Fsp3) is 0.167. The number of hydrogen-bond donors (Lipinski definition) is 2. The summed E-state index contributed by atoms with van der Waals surface area (Å²) in [6, 6.07) is 16.4. The Hall–Kier alpha value is -2.75. The van der Waals surface area contributed by atoms with Crippen LogP contribution in [-0.4, -0.2) is 9.78 Å². The first kappa shape index (κ1) is 14.2. The summed E-state index contributed by atoms with van der Waals surface area (Å²) in [5, 5.41) is 4.54. The highest BCUT2D eigenvalue weighted by Gasteiger charge is 2.06. The average molecular weight is 292 g/mol. The molecule has 4 nitrogen and oxygen atoms in total. The number of aryl methyl sites for hydroxylation is 3. The maximum Gasteiger partial charge on any atom is 0.0953 e. The number of benzene rings is 2. The van der Waals surface area contributed by atoms with Crippen molar-refractivity contribution in [1.82, 2.24) is 9.78 Å². The predicted octanol–water partition coefficient (Wildman–Crippen LogP) is 4.24. The fourth-order valence-corrected chi connectivity index (χ4v) is 2.38.